The first kappa shape index (κ1) is 27.5. The Balaban J connectivity index is 1.07. The van der Waals surface area contributed by atoms with E-state index in [-0.39, 0.29) is 11.4 Å². The second-order valence-corrected chi connectivity index (χ2v) is 10.5. The molecule has 7 rings (SSSR count). The highest BCUT2D eigenvalue weighted by molar-refractivity contribution is 5.87. The lowest BCUT2D eigenvalue weighted by atomic mass is 10.2. The molecule has 0 fully saturated rings. The lowest BCUT2D eigenvalue weighted by molar-refractivity contribution is -0.385. The van der Waals surface area contributed by atoms with Crippen molar-refractivity contribution in [2.45, 2.75) is 0 Å². The highest BCUT2D eigenvalue weighted by Crippen LogP contribution is 2.45. The third-order valence-corrected chi connectivity index (χ3v) is 7.76. The summed E-state index contributed by atoms with van der Waals surface area (Å²) in [6, 6.07) is 36.8. The minimum absolute atomic E-state index is 0.0552. The number of rotatable bonds is 8. The summed E-state index contributed by atoms with van der Waals surface area (Å²) >= 11 is 0. The molecular formula is C34H26N6O5. The molecule has 11 nitrogen and oxygen atoms in total. The zero-order valence-electron chi connectivity index (χ0n) is 23.8. The van der Waals surface area contributed by atoms with E-state index in [1.54, 1.807) is 24.3 Å². The van der Waals surface area contributed by atoms with Crippen molar-refractivity contribution in [1.29, 1.82) is 0 Å². The normalized spacial score (nSPS) is 13.7. The number of para-hydroxylation sites is 2. The summed E-state index contributed by atoms with van der Waals surface area (Å²) in [6.45, 7) is 1.08. The summed E-state index contributed by atoms with van der Waals surface area (Å²) in [7, 11) is 0. The van der Waals surface area contributed by atoms with Gasteiger partial charge in [0.25, 0.3) is 11.4 Å². The molecule has 5 aromatic carbocycles. The van der Waals surface area contributed by atoms with Crippen molar-refractivity contribution in [3.05, 3.63) is 154 Å². The van der Waals surface area contributed by atoms with Crippen LogP contribution in [0.2, 0.25) is 0 Å². The van der Waals surface area contributed by atoms with Crippen molar-refractivity contribution in [2.75, 3.05) is 32.9 Å². The van der Waals surface area contributed by atoms with Crippen molar-refractivity contribution >= 4 is 45.5 Å². The molecule has 0 saturated heterocycles. The number of fused-ring (bicyclic) bond motifs is 1. The predicted molar refractivity (Wildman–Crippen MR) is 174 cm³/mol. The van der Waals surface area contributed by atoms with Crippen molar-refractivity contribution in [3.63, 3.8) is 0 Å². The maximum absolute atomic E-state index is 11.2. The minimum Gasteiger partial charge on any atom is -0.457 e. The third-order valence-electron chi connectivity index (χ3n) is 7.76. The van der Waals surface area contributed by atoms with Crippen LogP contribution in [0.1, 0.15) is 0 Å². The fourth-order valence-electron chi connectivity index (χ4n) is 5.51. The smallest absolute Gasteiger partial charge is 0.269 e. The first-order valence-corrected chi connectivity index (χ1v) is 14.2. The molecule has 0 unspecified atom stereocenters. The first-order chi connectivity index (χ1) is 21.9. The Kier molecular flexibility index (Phi) is 6.95. The number of hydrogen-bond donors (Lipinski definition) is 0. The Labute approximate surface area is 258 Å². The Bertz CT molecular complexity index is 1930. The van der Waals surface area contributed by atoms with Crippen LogP contribution in [0.25, 0.3) is 0 Å². The Hall–Kier alpha value is -6.36. The number of non-ortho nitro benzene ring substituents is 2. The van der Waals surface area contributed by atoms with Crippen molar-refractivity contribution < 1.29 is 14.6 Å². The minimum atomic E-state index is -0.405. The van der Waals surface area contributed by atoms with E-state index in [0.29, 0.717) is 24.8 Å². The molecule has 11 heteroatoms. The van der Waals surface area contributed by atoms with Crippen molar-refractivity contribution in [1.82, 2.24) is 0 Å². The average Bonchev–Trinajstić information content (AvgIpc) is 3.71. The molecule has 0 atom stereocenters. The molecule has 5 aromatic rings. The highest BCUT2D eigenvalue weighted by Gasteiger charge is 2.28. The summed E-state index contributed by atoms with van der Waals surface area (Å²) in [5, 5.41) is 22.2. The molecule has 45 heavy (non-hydrogen) atoms. The molecule has 0 amide bonds. The summed E-state index contributed by atoms with van der Waals surface area (Å²) in [6.07, 6.45) is 3.90. The van der Waals surface area contributed by atoms with Crippen LogP contribution in [0.3, 0.4) is 0 Å². The molecule has 0 saturated carbocycles. The maximum Gasteiger partial charge on any atom is 0.269 e. The van der Waals surface area contributed by atoms with E-state index in [1.807, 2.05) is 84.0 Å². The third kappa shape index (κ3) is 5.45. The second kappa shape index (κ2) is 11.4. The topological polar surface area (TPSA) is 108 Å². The quantitative estimate of drug-likeness (QED) is 0.129. The summed E-state index contributed by atoms with van der Waals surface area (Å²) in [4.78, 5) is 29.7. The Morgan fingerprint density at radius 1 is 0.511 bits per heavy atom. The van der Waals surface area contributed by atoms with Crippen LogP contribution in [0.5, 0.6) is 11.5 Å². The Morgan fingerprint density at radius 2 is 1.00 bits per heavy atom. The molecule has 2 heterocycles. The van der Waals surface area contributed by atoms with Gasteiger partial charge in [0.2, 0.25) is 0 Å². The van der Waals surface area contributed by atoms with E-state index in [4.69, 9.17) is 4.74 Å². The number of benzene rings is 5. The van der Waals surface area contributed by atoms with Crippen LogP contribution in [0.4, 0.5) is 45.5 Å². The lowest BCUT2D eigenvalue weighted by Crippen LogP contribution is -2.24. The number of anilines is 6. The fourth-order valence-corrected chi connectivity index (χ4v) is 5.51. The van der Waals surface area contributed by atoms with Gasteiger partial charge in [0.1, 0.15) is 18.2 Å². The van der Waals surface area contributed by atoms with E-state index in [0.717, 1.165) is 34.1 Å². The highest BCUT2D eigenvalue weighted by atomic mass is 16.6. The molecule has 0 spiro atoms. The fraction of sp³-hybridized carbons (Fsp3) is 0.0588. The van der Waals surface area contributed by atoms with E-state index < -0.39 is 9.85 Å². The van der Waals surface area contributed by atoms with Crippen molar-refractivity contribution in [2.24, 2.45) is 0 Å². The largest absolute Gasteiger partial charge is 0.457 e. The molecule has 0 aliphatic carbocycles. The van der Waals surface area contributed by atoms with Gasteiger partial charge in [0.15, 0.2) is 0 Å². The molecule has 0 N–H and O–H groups in total. The number of nitro benzene ring substituents is 2. The van der Waals surface area contributed by atoms with Gasteiger partial charge in [-0.25, -0.2) is 0 Å². The summed E-state index contributed by atoms with van der Waals surface area (Å²) < 4.78 is 6.33. The summed E-state index contributed by atoms with van der Waals surface area (Å²) in [5.74, 6) is 1.36. The van der Waals surface area contributed by atoms with Gasteiger partial charge >= 0.3 is 0 Å². The number of ether oxygens (including phenoxy) is 1. The van der Waals surface area contributed by atoms with Crippen LogP contribution < -0.4 is 24.3 Å². The van der Waals surface area contributed by atoms with Gasteiger partial charge in [-0.1, -0.05) is 24.3 Å². The molecule has 0 aromatic heterocycles. The monoisotopic (exact) mass is 598 g/mol. The van der Waals surface area contributed by atoms with Crippen LogP contribution in [-0.4, -0.2) is 23.2 Å². The van der Waals surface area contributed by atoms with Gasteiger partial charge in [-0.2, -0.15) is 0 Å². The van der Waals surface area contributed by atoms with Gasteiger partial charge in [-0.3, -0.25) is 20.2 Å². The van der Waals surface area contributed by atoms with E-state index in [1.165, 1.54) is 24.3 Å². The Morgan fingerprint density at radius 3 is 1.58 bits per heavy atom. The van der Waals surface area contributed by atoms with Gasteiger partial charge in [0, 0.05) is 71.5 Å². The number of nitrogens with zero attached hydrogens (tertiary/aromatic N) is 6. The van der Waals surface area contributed by atoms with E-state index >= 15 is 0 Å². The van der Waals surface area contributed by atoms with Crippen LogP contribution >= 0.6 is 0 Å². The lowest BCUT2D eigenvalue weighted by Gasteiger charge is -2.23. The van der Waals surface area contributed by atoms with Crippen molar-refractivity contribution in [3.8, 4) is 11.5 Å². The van der Waals surface area contributed by atoms with Crippen LogP contribution in [0.15, 0.2) is 134 Å². The van der Waals surface area contributed by atoms with E-state index in [9.17, 15) is 20.2 Å². The molecule has 2 aliphatic rings. The number of hydrogen-bond acceptors (Lipinski definition) is 9. The van der Waals surface area contributed by atoms with Gasteiger partial charge < -0.3 is 24.3 Å². The maximum atomic E-state index is 11.2. The SMILES string of the molecule is O=[N+]([O-])c1ccc(N2C=CN(c3cccc(Oc4cccc(N5CN(c6ccc([N+](=O)[O-])cc6)c6ccccc65)c4)c3)C2)cc1. The molecular weight excluding hydrogens is 572 g/mol. The average molecular weight is 599 g/mol. The van der Waals surface area contributed by atoms with Crippen LogP contribution in [0, 0.1) is 20.2 Å². The zero-order valence-corrected chi connectivity index (χ0v) is 23.8. The standard InChI is InChI=1S/C34H26N6O5/c41-39(42)27-15-11-25(12-16-27)35-19-20-36(23-35)29-5-3-7-31(21-29)45-32-8-4-6-30(22-32)38-24-37(33-9-1-2-10-34(33)38)26-13-17-28(18-14-26)40(43)44/h1-22H,23-24H2. The second-order valence-electron chi connectivity index (χ2n) is 10.5. The van der Waals surface area contributed by atoms with E-state index in [2.05, 4.69) is 20.8 Å². The predicted octanol–water partition coefficient (Wildman–Crippen LogP) is 8.30. The van der Waals surface area contributed by atoms with Gasteiger partial charge in [0.05, 0.1) is 27.9 Å². The first-order valence-electron chi connectivity index (χ1n) is 14.2. The number of nitro groups is 2. The zero-order chi connectivity index (χ0) is 30.9. The molecule has 222 valence electrons. The van der Waals surface area contributed by atoms with Crippen LogP contribution in [-0.2, 0) is 0 Å². The van der Waals surface area contributed by atoms with Gasteiger partial charge in [-0.15, -0.1) is 0 Å². The molecule has 2 aliphatic heterocycles. The molecule has 0 bridgehead atoms. The molecule has 0 radical (unpaired) electrons. The van der Waals surface area contributed by atoms with Gasteiger partial charge in [-0.05, 0) is 60.7 Å². The summed E-state index contributed by atoms with van der Waals surface area (Å²) in [5.41, 5.74) is 5.75.